The lowest BCUT2D eigenvalue weighted by molar-refractivity contribution is 0.0696. The summed E-state index contributed by atoms with van der Waals surface area (Å²) in [5, 5.41) is 12.2. The fourth-order valence-corrected chi connectivity index (χ4v) is 2.36. The van der Waals surface area contributed by atoms with Gasteiger partial charge in [-0.15, -0.1) is 0 Å². The van der Waals surface area contributed by atoms with Crippen LogP contribution in [0.4, 0.5) is 0 Å². The largest absolute Gasteiger partial charge is 0.478 e. The van der Waals surface area contributed by atoms with Crippen LogP contribution < -0.4 is 5.32 Å². The van der Waals surface area contributed by atoms with Crippen molar-refractivity contribution < 1.29 is 9.90 Å². The van der Waals surface area contributed by atoms with Gasteiger partial charge in [-0.2, -0.15) is 0 Å². The van der Waals surface area contributed by atoms with Crippen molar-refractivity contribution in [3.63, 3.8) is 0 Å². The number of para-hydroxylation sites is 2. The number of carboxylic acids is 1. The van der Waals surface area contributed by atoms with Crippen LogP contribution in [0.2, 0.25) is 0 Å². The SMILES string of the molecule is Cn1c(CNCc2cc(C(=O)O)ccn2)nc2ccccc21. The van der Waals surface area contributed by atoms with E-state index in [2.05, 4.69) is 15.3 Å². The number of aromatic carboxylic acids is 1. The van der Waals surface area contributed by atoms with Crippen molar-refractivity contribution in [3.05, 3.63) is 59.7 Å². The highest BCUT2D eigenvalue weighted by atomic mass is 16.4. The molecule has 0 bridgehead atoms. The molecular formula is C16H16N4O2. The molecule has 22 heavy (non-hydrogen) atoms. The van der Waals surface area contributed by atoms with Crippen molar-refractivity contribution in [1.82, 2.24) is 19.9 Å². The molecule has 2 aromatic heterocycles. The number of nitrogens with one attached hydrogen (secondary N) is 1. The normalized spacial score (nSPS) is 11.0. The second kappa shape index (κ2) is 5.95. The Morgan fingerprint density at radius 2 is 2.09 bits per heavy atom. The van der Waals surface area contributed by atoms with Crippen molar-refractivity contribution in [2.45, 2.75) is 13.1 Å². The van der Waals surface area contributed by atoms with Gasteiger partial charge in [0.2, 0.25) is 0 Å². The number of hydrogen-bond acceptors (Lipinski definition) is 4. The number of imidazole rings is 1. The van der Waals surface area contributed by atoms with Gasteiger partial charge in [-0.05, 0) is 24.3 Å². The van der Waals surface area contributed by atoms with E-state index in [4.69, 9.17) is 5.11 Å². The van der Waals surface area contributed by atoms with Crippen LogP contribution in [-0.2, 0) is 20.1 Å². The first-order valence-corrected chi connectivity index (χ1v) is 6.94. The molecule has 0 aliphatic carbocycles. The molecule has 112 valence electrons. The van der Waals surface area contributed by atoms with E-state index in [0.29, 0.717) is 18.8 Å². The molecule has 0 aliphatic heterocycles. The van der Waals surface area contributed by atoms with E-state index in [1.54, 1.807) is 6.07 Å². The van der Waals surface area contributed by atoms with E-state index in [-0.39, 0.29) is 5.56 Å². The molecule has 0 saturated carbocycles. The topological polar surface area (TPSA) is 80.0 Å². The number of aromatic nitrogens is 3. The van der Waals surface area contributed by atoms with E-state index in [9.17, 15) is 4.79 Å². The zero-order valence-corrected chi connectivity index (χ0v) is 12.2. The second-order valence-electron chi connectivity index (χ2n) is 5.02. The van der Waals surface area contributed by atoms with Crippen LogP contribution in [0.1, 0.15) is 21.9 Å². The number of carbonyl (C=O) groups is 1. The summed E-state index contributed by atoms with van der Waals surface area (Å²) in [6, 6.07) is 11.0. The van der Waals surface area contributed by atoms with Crippen molar-refractivity contribution in [1.29, 1.82) is 0 Å². The molecule has 0 spiro atoms. The van der Waals surface area contributed by atoms with E-state index < -0.39 is 5.97 Å². The van der Waals surface area contributed by atoms with Crippen molar-refractivity contribution in [2.24, 2.45) is 7.05 Å². The molecule has 0 saturated heterocycles. The van der Waals surface area contributed by atoms with Gasteiger partial charge in [0.25, 0.3) is 0 Å². The van der Waals surface area contributed by atoms with Gasteiger partial charge in [-0.25, -0.2) is 9.78 Å². The first kappa shape index (κ1) is 14.2. The molecule has 3 aromatic rings. The molecule has 6 heteroatoms. The third-order valence-corrected chi connectivity index (χ3v) is 3.53. The van der Waals surface area contributed by atoms with Crippen molar-refractivity contribution in [2.75, 3.05) is 0 Å². The minimum Gasteiger partial charge on any atom is -0.478 e. The summed E-state index contributed by atoms with van der Waals surface area (Å²) < 4.78 is 2.05. The zero-order valence-electron chi connectivity index (χ0n) is 12.2. The molecule has 0 aliphatic rings. The summed E-state index contributed by atoms with van der Waals surface area (Å²) in [5.74, 6) is -0.0189. The highest BCUT2D eigenvalue weighted by molar-refractivity contribution is 5.87. The quantitative estimate of drug-likeness (QED) is 0.752. The number of aryl methyl sites for hydroxylation is 1. The lowest BCUT2D eigenvalue weighted by Crippen LogP contribution is -2.16. The molecule has 6 nitrogen and oxygen atoms in total. The number of fused-ring (bicyclic) bond motifs is 1. The third kappa shape index (κ3) is 2.82. The molecule has 1 aromatic carbocycles. The maximum Gasteiger partial charge on any atom is 0.335 e. The monoisotopic (exact) mass is 296 g/mol. The highest BCUT2D eigenvalue weighted by Crippen LogP contribution is 2.14. The lowest BCUT2D eigenvalue weighted by Gasteiger charge is -2.05. The van der Waals surface area contributed by atoms with Gasteiger partial charge in [0.1, 0.15) is 5.82 Å². The molecule has 2 heterocycles. The third-order valence-electron chi connectivity index (χ3n) is 3.53. The molecule has 0 radical (unpaired) electrons. The van der Waals surface area contributed by atoms with Crippen LogP contribution in [0.5, 0.6) is 0 Å². The summed E-state index contributed by atoms with van der Waals surface area (Å²) >= 11 is 0. The summed E-state index contributed by atoms with van der Waals surface area (Å²) in [5.41, 5.74) is 2.99. The predicted molar refractivity (Wildman–Crippen MR) is 82.5 cm³/mol. The lowest BCUT2D eigenvalue weighted by atomic mass is 10.2. The first-order chi connectivity index (χ1) is 10.6. The molecule has 2 N–H and O–H groups in total. The van der Waals surface area contributed by atoms with E-state index in [0.717, 1.165) is 16.9 Å². The molecule has 0 atom stereocenters. The van der Waals surface area contributed by atoms with Gasteiger partial charge in [0, 0.05) is 19.8 Å². The van der Waals surface area contributed by atoms with Crippen LogP contribution >= 0.6 is 0 Å². The molecule has 0 unspecified atom stereocenters. The average Bonchev–Trinajstić information content (AvgIpc) is 2.85. The number of hydrogen-bond donors (Lipinski definition) is 2. The second-order valence-corrected chi connectivity index (χ2v) is 5.02. The molecule has 3 rings (SSSR count). The van der Waals surface area contributed by atoms with Crippen molar-refractivity contribution in [3.8, 4) is 0 Å². The van der Waals surface area contributed by atoms with Crippen LogP contribution in [0.25, 0.3) is 11.0 Å². The summed E-state index contributed by atoms with van der Waals surface area (Å²) in [6.45, 7) is 1.08. The fraction of sp³-hybridized carbons (Fsp3) is 0.188. The van der Waals surface area contributed by atoms with E-state index >= 15 is 0 Å². The minimum atomic E-state index is -0.945. The van der Waals surface area contributed by atoms with Gasteiger partial charge in [0.15, 0.2) is 0 Å². The Bertz CT molecular complexity index is 826. The Balaban J connectivity index is 1.68. The smallest absolute Gasteiger partial charge is 0.335 e. The van der Waals surface area contributed by atoms with Gasteiger partial charge in [0.05, 0.1) is 28.8 Å². The highest BCUT2D eigenvalue weighted by Gasteiger charge is 2.07. The number of carboxylic acid groups (broad SMARTS) is 1. The maximum atomic E-state index is 10.9. The van der Waals surface area contributed by atoms with Gasteiger partial charge in [-0.1, -0.05) is 12.1 Å². The summed E-state index contributed by atoms with van der Waals surface area (Å²) in [4.78, 5) is 19.7. The Hall–Kier alpha value is -2.73. The summed E-state index contributed by atoms with van der Waals surface area (Å²) in [7, 11) is 1.98. The van der Waals surface area contributed by atoms with Crippen LogP contribution in [0.15, 0.2) is 42.6 Å². The first-order valence-electron chi connectivity index (χ1n) is 6.94. The van der Waals surface area contributed by atoms with Crippen LogP contribution in [0.3, 0.4) is 0 Å². The molecule has 0 fully saturated rings. The Kier molecular flexibility index (Phi) is 3.84. The zero-order chi connectivity index (χ0) is 15.5. The standard InChI is InChI=1S/C16H16N4O2/c1-20-14-5-3-2-4-13(14)19-15(20)10-17-9-12-8-11(16(21)22)6-7-18-12/h2-8,17H,9-10H2,1H3,(H,21,22). The van der Waals surface area contributed by atoms with E-state index in [1.807, 2.05) is 35.9 Å². The average molecular weight is 296 g/mol. The van der Waals surface area contributed by atoms with Gasteiger partial charge in [-0.3, -0.25) is 4.98 Å². The molecule has 0 amide bonds. The number of nitrogens with zero attached hydrogens (tertiary/aromatic N) is 3. The van der Waals surface area contributed by atoms with Crippen LogP contribution in [0, 0.1) is 0 Å². The predicted octanol–water partition coefficient (Wildman–Crippen LogP) is 1.96. The number of rotatable bonds is 5. The van der Waals surface area contributed by atoms with Crippen molar-refractivity contribution >= 4 is 17.0 Å². The minimum absolute atomic E-state index is 0.245. The van der Waals surface area contributed by atoms with E-state index in [1.165, 1.54) is 12.3 Å². The molecular weight excluding hydrogens is 280 g/mol. The van der Waals surface area contributed by atoms with Gasteiger partial charge < -0.3 is 15.0 Å². The Labute approximate surface area is 127 Å². The maximum absolute atomic E-state index is 10.9. The number of benzene rings is 1. The Morgan fingerprint density at radius 1 is 1.27 bits per heavy atom. The van der Waals surface area contributed by atoms with Gasteiger partial charge >= 0.3 is 5.97 Å². The fourth-order valence-electron chi connectivity index (χ4n) is 2.36. The summed E-state index contributed by atoms with van der Waals surface area (Å²) in [6.07, 6.45) is 1.51. The Morgan fingerprint density at radius 3 is 2.86 bits per heavy atom. The number of pyridine rings is 1. The van der Waals surface area contributed by atoms with Crippen LogP contribution in [-0.4, -0.2) is 25.6 Å².